The number of piperidine rings is 1. The first-order valence-corrected chi connectivity index (χ1v) is 10.6. The molecule has 1 aromatic heterocycles. The van der Waals surface area contributed by atoms with Gasteiger partial charge in [-0.3, -0.25) is 4.98 Å². The number of nitrogens with zero attached hydrogens (tertiary/aromatic N) is 3. The highest BCUT2D eigenvalue weighted by Gasteiger charge is 2.50. The van der Waals surface area contributed by atoms with Crippen LogP contribution in [0.5, 0.6) is 0 Å². The van der Waals surface area contributed by atoms with Crippen molar-refractivity contribution in [3.05, 3.63) is 29.6 Å². The number of nitrogens with one attached hydrogen (secondary N) is 2. The molecule has 0 aliphatic carbocycles. The predicted molar refractivity (Wildman–Crippen MR) is 101 cm³/mol. The molecule has 0 saturated carbocycles. The van der Waals surface area contributed by atoms with E-state index in [9.17, 15) is 21.6 Å². The Kier molecular flexibility index (Phi) is 7.64. The van der Waals surface area contributed by atoms with Gasteiger partial charge in [0, 0.05) is 32.4 Å². The minimum atomic E-state index is -5.24. The average molecular weight is 421 g/mol. The molecule has 2 N–H and O–H groups in total. The number of aliphatic imine (C=N–C) groups is 1. The van der Waals surface area contributed by atoms with Gasteiger partial charge in [-0.15, -0.1) is 0 Å². The van der Waals surface area contributed by atoms with E-state index in [2.05, 4.69) is 20.6 Å². The fraction of sp³-hybridized carbons (Fsp3) is 0.647. The lowest BCUT2D eigenvalue weighted by Gasteiger charge is -2.31. The second-order valence-electron chi connectivity index (χ2n) is 6.64. The van der Waals surface area contributed by atoms with Crippen LogP contribution in [0.15, 0.2) is 23.3 Å². The van der Waals surface area contributed by atoms with Crippen molar-refractivity contribution in [2.24, 2.45) is 10.9 Å². The van der Waals surface area contributed by atoms with Crippen molar-refractivity contribution in [2.45, 2.75) is 38.7 Å². The van der Waals surface area contributed by atoms with Gasteiger partial charge < -0.3 is 10.6 Å². The molecular weight excluding hydrogens is 395 g/mol. The third-order valence-corrected chi connectivity index (χ3v) is 6.24. The second kappa shape index (κ2) is 9.55. The number of alkyl halides is 3. The van der Waals surface area contributed by atoms with Gasteiger partial charge in [-0.1, -0.05) is 6.07 Å². The summed E-state index contributed by atoms with van der Waals surface area (Å²) in [7, 11) is -5.24. The number of aryl methyl sites for hydroxylation is 1. The van der Waals surface area contributed by atoms with E-state index in [-0.39, 0.29) is 19.0 Å². The highest BCUT2D eigenvalue weighted by Crippen LogP contribution is 2.30. The van der Waals surface area contributed by atoms with Crippen LogP contribution in [0, 0.1) is 12.8 Å². The summed E-state index contributed by atoms with van der Waals surface area (Å²) in [6.07, 6.45) is 2.43. The number of hydrogen-bond donors (Lipinski definition) is 2. The number of aromatic nitrogens is 1. The molecule has 2 rings (SSSR count). The third kappa shape index (κ3) is 5.81. The lowest BCUT2D eigenvalue weighted by molar-refractivity contribution is -0.0496. The largest absolute Gasteiger partial charge is 0.511 e. The standard InChI is InChI=1S/C17H26F3N5O2S/c1-3-21-16(24-12-15-13(2)5-4-8-22-15)23-11-14-6-9-25(10-7-14)28(26,27)17(18,19)20/h4-5,8,14H,3,6-7,9-12H2,1-2H3,(H2,21,23,24). The van der Waals surface area contributed by atoms with Crippen LogP contribution in [0.3, 0.4) is 0 Å². The number of pyridine rings is 1. The van der Waals surface area contributed by atoms with Crippen molar-refractivity contribution in [3.63, 3.8) is 0 Å². The van der Waals surface area contributed by atoms with Crippen LogP contribution in [0.1, 0.15) is 31.0 Å². The van der Waals surface area contributed by atoms with Gasteiger partial charge in [-0.25, -0.2) is 13.4 Å². The smallest absolute Gasteiger partial charge is 0.357 e. The van der Waals surface area contributed by atoms with Crippen LogP contribution >= 0.6 is 0 Å². The van der Waals surface area contributed by atoms with Crippen molar-refractivity contribution in [1.29, 1.82) is 0 Å². The molecule has 2 heterocycles. The van der Waals surface area contributed by atoms with E-state index in [1.807, 2.05) is 26.0 Å². The quantitative estimate of drug-likeness (QED) is 0.542. The van der Waals surface area contributed by atoms with Gasteiger partial charge >= 0.3 is 15.5 Å². The zero-order valence-corrected chi connectivity index (χ0v) is 16.8. The van der Waals surface area contributed by atoms with E-state index in [1.165, 1.54) is 0 Å². The number of guanidine groups is 1. The first-order chi connectivity index (χ1) is 13.1. The van der Waals surface area contributed by atoms with E-state index in [0.29, 0.717) is 42.7 Å². The number of rotatable bonds is 6. The Morgan fingerprint density at radius 3 is 2.57 bits per heavy atom. The van der Waals surface area contributed by atoms with Crippen molar-refractivity contribution in [1.82, 2.24) is 19.9 Å². The zero-order valence-electron chi connectivity index (χ0n) is 16.0. The average Bonchev–Trinajstić information content (AvgIpc) is 2.64. The first-order valence-electron chi connectivity index (χ1n) is 9.14. The second-order valence-corrected chi connectivity index (χ2v) is 8.57. The molecule has 1 aromatic rings. The van der Waals surface area contributed by atoms with Crippen LogP contribution in [-0.2, 0) is 16.6 Å². The SMILES string of the molecule is CCNC(=NCc1ncccc1C)NCC1CCN(S(=O)(=O)C(F)(F)F)CC1. The van der Waals surface area contributed by atoms with Gasteiger partial charge in [0.25, 0.3) is 0 Å². The molecule has 158 valence electrons. The van der Waals surface area contributed by atoms with Crippen LogP contribution in [0.25, 0.3) is 0 Å². The number of hydrogen-bond acceptors (Lipinski definition) is 4. The van der Waals surface area contributed by atoms with Crippen molar-refractivity contribution < 1.29 is 21.6 Å². The van der Waals surface area contributed by atoms with E-state index >= 15 is 0 Å². The van der Waals surface area contributed by atoms with E-state index in [1.54, 1.807) is 6.20 Å². The van der Waals surface area contributed by atoms with Gasteiger partial charge in [0.05, 0.1) is 12.2 Å². The summed E-state index contributed by atoms with van der Waals surface area (Å²) in [6, 6.07) is 3.82. The molecule has 0 aromatic carbocycles. The Hall–Kier alpha value is -1.88. The minimum Gasteiger partial charge on any atom is -0.357 e. The molecular formula is C17H26F3N5O2S. The molecule has 0 radical (unpaired) electrons. The first kappa shape index (κ1) is 22.4. The molecule has 1 aliphatic rings. The van der Waals surface area contributed by atoms with Gasteiger partial charge in [0.15, 0.2) is 5.96 Å². The monoisotopic (exact) mass is 421 g/mol. The third-order valence-electron chi connectivity index (χ3n) is 4.61. The molecule has 0 atom stereocenters. The molecule has 11 heteroatoms. The summed E-state index contributed by atoms with van der Waals surface area (Å²) in [4.78, 5) is 8.79. The van der Waals surface area contributed by atoms with E-state index in [0.717, 1.165) is 11.3 Å². The van der Waals surface area contributed by atoms with Crippen LogP contribution in [0.4, 0.5) is 13.2 Å². The maximum absolute atomic E-state index is 12.6. The van der Waals surface area contributed by atoms with Crippen LogP contribution < -0.4 is 10.6 Å². The Labute approximate surface area is 163 Å². The Morgan fingerprint density at radius 2 is 2.00 bits per heavy atom. The fourth-order valence-corrected chi connectivity index (χ4v) is 3.91. The summed E-state index contributed by atoms with van der Waals surface area (Å²) < 4.78 is 61.4. The summed E-state index contributed by atoms with van der Waals surface area (Å²) in [5, 5.41) is 6.31. The molecule has 1 aliphatic heterocycles. The highest BCUT2D eigenvalue weighted by molar-refractivity contribution is 7.90. The summed E-state index contributed by atoms with van der Waals surface area (Å²) in [5.74, 6) is 0.665. The van der Waals surface area contributed by atoms with E-state index < -0.39 is 15.5 Å². The molecule has 28 heavy (non-hydrogen) atoms. The van der Waals surface area contributed by atoms with Crippen molar-refractivity contribution >= 4 is 16.0 Å². The summed E-state index contributed by atoms with van der Waals surface area (Å²) >= 11 is 0. The van der Waals surface area contributed by atoms with E-state index in [4.69, 9.17) is 0 Å². The minimum absolute atomic E-state index is 0.0696. The molecule has 0 unspecified atom stereocenters. The lowest BCUT2D eigenvalue weighted by atomic mass is 9.98. The van der Waals surface area contributed by atoms with Gasteiger partial charge in [0.1, 0.15) is 0 Å². The summed E-state index contributed by atoms with van der Waals surface area (Å²) in [6.45, 7) is 5.21. The molecule has 0 spiro atoms. The van der Waals surface area contributed by atoms with Gasteiger partial charge in [-0.2, -0.15) is 17.5 Å². The molecule has 0 amide bonds. The zero-order chi connectivity index (χ0) is 20.8. The van der Waals surface area contributed by atoms with Crippen LogP contribution in [-0.4, -0.2) is 55.4 Å². The summed E-state index contributed by atoms with van der Waals surface area (Å²) in [5.41, 5.74) is -3.34. The van der Waals surface area contributed by atoms with Gasteiger partial charge in [-0.05, 0) is 44.2 Å². The van der Waals surface area contributed by atoms with Crippen LogP contribution in [0.2, 0.25) is 0 Å². The molecule has 0 bridgehead atoms. The maximum Gasteiger partial charge on any atom is 0.511 e. The predicted octanol–water partition coefficient (Wildman–Crippen LogP) is 2.01. The number of halogens is 3. The lowest BCUT2D eigenvalue weighted by Crippen LogP contribution is -2.47. The Morgan fingerprint density at radius 1 is 1.32 bits per heavy atom. The molecule has 7 nitrogen and oxygen atoms in total. The number of sulfonamides is 1. The maximum atomic E-state index is 12.6. The van der Waals surface area contributed by atoms with Crippen molar-refractivity contribution in [3.8, 4) is 0 Å². The van der Waals surface area contributed by atoms with Gasteiger partial charge in [0.2, 0.25) is 0 Å². The topological polar surface area (TPSA) is 86.7 Å². The molecule has 1 saturated heterocycles. The highest BCUT2D eigenvalue weighted by atomic mass is 32.2. The van der Waals surface area contributed by atoms with Crippen molar-refractivity contribution in [2.75, 3.05) is 26.2 Å². The normalized spacial score (nSPS) is 17.5. The molecule has 1 fully saturated rings. The Bertz CT molecular complexity index is 775. The fourth-order valence-electron chi connectivity index (χ4n) is 2.92. The Balaban J connectivity index is 1.88.